The lowest BCUT2D eigenvalue weighted by molar-refractivity contribution is 0.662. The zero-order chi connectivity index (χ0) is 19.6. The van der Waals surface area contributed by atoms with E-state index in [1.54, 1.807) is 36.0 Å². The second-order valence-corrected chi connectivity index (χ2v) is 9.80. The van der Waals surface area contributed by atoms with Gasteiger partial charge in [-0.3, -0.25) is 0 Å². The van der Waals surface area contributed by atoms with Crippen LogP contribution in [-0.4, -0.2) is 10.8 Å². The van der Waals surface area contributed by atoms with E-state index in [1.807, 2.05) is 0 Å². The number of hydrogen-bond acceptors (Lipinski definition) is 3. The predicted molar refractivity (Wildman–Crippen MR) is 117 cm³/mol. The number of nitrogens with one attached hydrogen (secondary N) is 2. The highest BCUT2D eigenvalue weighted by Gasteiger charge is 2.19. The van der Waals surface area contributed by atoms with Crippen LogP contribution in [0, 0.1) is 4.78 Å². The fourth-order valence-electron chi connectivity index (χ4n) is 3.17. The highest BCUT2D eigenvalue weighted by atomic mass is 35.5. The molecule has 142 valence electrons. The van der Waals surface area contributed by atoms with E-state index >= 15 is 0 Å². The normalized spacial score (nSPS) is 14.7. The van der Waals surface area contributed by atoms with Gasteiger partial charge in [-0.05, 0) is 59.5 Å². The maximum Gasteiger partial charge on any atom is 0.134 e. The molecule has 1 aliphatic heterocycles. The molecule has 3 aromatic carbocycles. The number of rotatable bonds is 5. The van der Waals surface area contributed by atoms with Crippen molar-refractivity contribution in [1.29, 1.82) is 4.78 Å². The Morgan fingerprint density at radius 1 is 0.929 bits per heavy atom. The molecule has 0 saturated heterocycles. The van der Waals surface area contributed by atoms with Gasteiger partial charge in [0, 0.05) is 21.4 Å². The summed E-state index contributed by atoms with van der Waals surface area (Å²) >= 11 is 7.66. The summed E-state index contributed by atoms with van der Waals surface area (Å²) in [6, 6.07) is 23.3. The summed E-state index contributed by atoms with van der Waals surface area (Å²) < 4.78 is 23.7. The quantitative estimate of drug-likeness (QED) is 0.371. The molecule has 1 atom stereocenters. The van der Waals surface area contributed by atoms with E-state index in [-0.39, 0.29) is 0 Å². The van der Waals surface area contributed by atoms with Crippen LogP contribution >= 0.6 is 23.4 Å². The summed E-state index contributed by atoms with van der Waals surface area (Å²) in [4.78, 5) is 2.92. The van der Waals surface area contributed by atoms with Gasteiger partial charge in [0.05, 0.1) is 4.90 Å². The van der Waals surface area contributed by atoms with Gasteiger partial charge >= 0.3 is 0 Å². The molecule has 3 nitrogen and oxygen atoms in total. The van der Waals surface area contributed by atoms with Crippen molar-refractivity contribution in [3.05, 3.63) is 95.0 Å². The minimum absolute atomic E-state index is 0.439. The van der Waals surface area contributed by atoms with Crippen molar-refractivity contribution in [1.82, 2.24) is 4.72 Å². The molecule has 0 radical (unpaired) electrons. The van der Waals surface area contributed by atoms with Crippen LogP contribution in [0.2, 0.25) is 5.02 Å². The molecule has 0 fully saturated rings. The van der Waals surface area contributed by atoms with E-state index in [9.17, 15) is 4.21 Å². The van der Waals surface area contributed by atoms with E-state index in [0.29, 0.717) is 22.9 Å². The smallest absolute Gasteiger partial charge is 0.134 e. The van der Waals surface area contributed by atoms with Gasteiger partial charge in [0.1, 0.15) is 9.92 Å². The van der Waals surface area contributed by atoms with E-state index < -0.39 is 9.92 Å². The molecule has 0 aliphatic carbocycles. The largest absolute Gasteiger partial charge is 0.236 e. The molecule has 28 heavy (non-hydrogen) atoms. The average molecular weight is 427 g/mol. The van der Waals surface area contributed by atoms with Crippen molar-refractivity contribution in [2.75, 3.05) is 6.54 Å². The number of benzene rings is 3. The predicted octanol–water partition coefficient (Wildman–Crippen LogP) is 6.24. The summed E-state index contributed by atoms with van der Waals surface area (Å²) in [6.45, 7) is 0.450. The van der Waals surface area contributed by atoms with Gasteiger partial charge in [-0.2, -0.15) is 0 Å². The first-order valence-corrected chi connectivity index (χ1v) is 11.7. The van der Waals surface area contributed by atoms with Gasteiger partial charge in [0.15, 0.2) is 0 Å². The summed E-state index contributed by atoms with van der Waals surface area (Å²) in [7, 11) is -3.04. The Hall–Kier alpha value is -2.05. The van der Waals surface area contributed by atoms with Gasteiger partial charge < -0.3 is 0 Å². The molecule has 2 N–H and O–H groups in total. The summed E-state index contributed by atoms with van der Waals surface area (Å²) in [5.74, 6) is 0. The Morgan fingerprint density at radius 2 is 1.50 bits per heavy atom. The minimum Gasteiger partial charge on any atom is -0.236 e. The second-order valence-electron chi connectivity index (χ2n) is 6.41. The fraction of sp³-hybridized carbons (Fsp3) is 0.0909. The molecule has 4 rings (SSSR count). The molecule has 3 aromatic rings. The molecule has 0 spiro atoms. The third-order valence-corrected chi connectivity index (χ3v) is 7.47. The SMILES string of the molecule is N=S(=O)(NCCC=C1c2ccccc2Sc2ccccc21)c1ccc(Cl)cc1. The Morgan fingerprint density at radius 3 is 2.11 bits per heavy atom. The van der Waals surface area contributed by atoms with Crippen molar-refractivity contribution in [2.45, 2.75) is 21.1 Å². The lowest BCUT2D eigenvalue weighted by Crippen LogP contribution is -2.23. The van der Waals surface area contributed by atoms with Gasteiger partial charge in [-0.1, -0.05) is 65.8 Å². The third kappa shape index (κ3) is 4.03. The fourth-order valence-corrected chi connectivity index (χ4v) is 5.49. The van der Waals surface area contributed by atoms with Crippen molar-refractivity contribution in [3.8, 4) is 0 Å². The van der Waals surface area contributed by atoms with Crippen LogP contribution in [0.5, 0.6) is 0 Å². The van der Waals surface area contributed by atoms with Gasteiger partial charge in [0.2, 0.25) is 0 Å². The first kappa shape index (κ1) is 19.3. The Bertz CT molecular complexity index is 1090. The molecule has 0 saturated carbocycles. The average Bonchev–Trinajstić information content (AvgIpc) is 2.70. The molecule has 0 aromatic heterocycles. The van der Waals surface area contributed by atoms with Crippen LogP contribution in [0.3, 0.4) is 0 Å². The molecule has 6 heteroatoms. The van der Waals surface area contributed by atoms with Crippen molar-refractivity contribution in [2.24, 2.45) is 0 Å². The summed E-state index contributed by atoms with van der Waals surface area (Å²) in [6.07, 6.45) is 2.84. The van der Waals surface area contributed by atoms with Crippen LogP contribution < -0.4 is 4.72 Å². The lowest BCUT2D eigenvalue weighted by Gasteiger charge is -2.22. The van der Waals surface area contributed by atoms with Crippen molar-refractivity contribution < 1.29 is 4.21 Å². The van der Waals surface area contributed by atoms with E-state index in [2.05, 4.69) is 59.3 Å². The Labute approximate surface area is 174 Å². The molecule has 0 bridgehead atoms. The first-order valence-electron chi connectivity index (χ1n) is 8.90. The van der Waals surface area contributed by atoms with Crippen LogP contribution in [0.25, 0.3) is 5.57 Å². The van der Waals surface area contributed by atoms with Crippen molar-refractivity contribution >= 4 is 38.9 Å². The van der Waals surface area contributed by atoms with Crippen LogP contribution in [-0.2, 0) is 9.92 Å². The molecule has 1 aliphatic rings. The van der Waals surface area contributed by atoms with Gasteiger partial charge in [0.25, 0.3) is 0 Å². The number of fused-ring (bicyclic) bond motifs is 2. The minimum atomic E-state index is -3.04. The maximum atomic E-state index is 12.6. The van der Waals surface area contributed by atoms with E-state index in [4.69, 9.17) is 16.4 Å². The first-order chi connectivity index (χ1) is 13.5. The zero-order valence-corrected chi connectivity index (χ0v) is 17.4. The monoisotopic (exact) mass is 426 g/mol. The molecule has 1 heterocycles. The standard InChI is InChI=1S/C22H19ClN2OS2/c23-16-11-13-17(14-12-16)28(24,26)25-15-5-8-18-19-6-1-3-9-21(19)27-22-10-4-2-7-20(18)22/h1-4,6-14H,5,15H2,(H2,24,25,26). The molecular formula is C22H19ClN2OS2. The summed E-state index contributed by atoms with van der Waals surface area (Å²) in [5, 5.41) is 0.566. The van der Waals surface area contributed by atoms with E-state index in [1.165, 1.54) is 26.5 Å². The Balaban J connectivity index is 1.53. The molecular weight excluding hydrogens is 408 g/mol. The summed E-state index contributed by atoms with van der Waals surface area (Å²) in [5.41, 5.74) is 3.63. The van der Waals surface area contributed by atoms with Crippen LogP contribution in [0.15, 0.2) is 93.6 Å². The maximum absolute atomic E-state index is 12.6. The number of hydrogen-bond donors (Lipinski definition) is 2. The molecule has 0 amide bonds. The van der Waals surface area contributed by atoms with Crippen LogP contribution in [0.4, 0.5) is 0 Å². The number of halogens is 1. The third-order valence-electron chi connectivity index (χ3n) is 4.52. The highest BCUT2D eigenvalue weighted by molar-refractivity contribution is 7.99. The van der Waals surface area contributed by atoms with Gasteiger partial charge in [-0.15, -0.1) is 0 Å². The second kappa shape index (κ2) is 8.13. The highest BCUT2D eigenvalue weighted by Crippen LogP contribution is 2.45. The topological polar surface area (TPSA) is 53.0 Å². The van der Waals surface area contributed by atoms with Crippen LogP contribution in [0.1, 0.15) is 17.5 Å². The molecule has 1 unspecified atom stereocenters. The lowest BCUT2D eigenvalue weighted by atomic mass is 9.96. The Kier molecular flexibility index (Phi) is 5.60. The zero-order valence-electron chi connectivity index (χ0n) is 15.0. The van der Waals surface area contributed by atoms with E-state index in [0.717, 1.165) is 0 Å². The van der Waals surface area contributed by atoms with Crippen molar-refractivity contribution in [3.63, 3.8) is 0 Å². The van der Waals surface area contributed by atoms with Gasteiger partial charge in [-0.25, -0.2) is 13.7 Å².